The van der Waals surface area contributed by atoms with Gasteiger partial charge in [0.2, 0.25) is 5.82 Å². The summed E-state index contributed by atoms with van der Waals surface area (Å²) in [6.45, 7) is 6.76. The van der Waals surface area contributed by atoms with E-state index in [1.54, 1.807) is 12.1 Å². The predicted octanol–water partition coefficient (Wildman–Crippen LogP) is 3.85. The number of aromatic nitrogens is 5. The molecule has 0 radical (unpaired) electrons. The van der Waals surface area contributed by atoms with Crippen LogP contribution in [0.4, 0.5) is 5.69 Å². The summed E-state index contributed by atoms with van der Waals surface area (Å²) in [5.41, 5.74) is 6.86. The molecule has 0 atom stereocenters. The molecule has 34 heavy (non-hydrogen) atoms. The van der Waals surface area contributed by atoms with Crippen LogP contribution in [0.1, 0.15) is 27.8 Å². The van der Waals surface area contributed by atoms with E-state index in [-0.39, 0.29) is 11.5 Å². The van der Waals surface area contributed by atoms with E-state index in [0.29, 0.717) is 5.56 Å². The predicted molar refractivity (Wildman–Crippen MR) is 128 cm³/mol. The fourth-order valence-electron chi connectivity index (χ4n) is 4.27. The summed E-state index contributed by atoms with van der Waals surface area (Å²) in [6, 6.07) is 13.4. The molecule has 9 nitrogen and oxygen atoms in total. The number of fused-ring (bicyclic) bond motifs is 1. The molecule has 0 spiro atoms. The topological polar surface area (TPSA) is 103 Å². The van der Waals surface area contributed by atoms with Gasteiger partial charge in [-0.3, -0.25) is 20.0 Å². The number of rotatable bonds is 6. The van der Waals surface area contributed by atoms with E-state index in [9.17, 15) is 10.1 Å². The summed E-state index contributed by atoms with van der Waals surface area (Å²) in [4.78, 5) is 19.2. The average Bonchev–Trinajstić information content (AvgIpc) is 3.34. The molecule has 9 heteroatoms. The van der Waals surface area contributed by atoms with E-state index in [1.807, 2.05) is 38.4 Å². The molecule has 0 amide bonds. The van der Waals surface area contributed by atoms with Crippen LogP contribution in [0.25, 0.3) is 17.1 Å². The van der Waals surface area contributed by atoms with Crippen molar-refractivity contribution >= 4 is 5.69 Å². The van der Waals surface area contributed by atoms with Crippen LogP contribution in [0.15, 0.2) is 54.9 Å². The maximum absolute atomic E-state index is 11.5. The first-order chi connectivity index (χ1) is 16.5. The van der Waals surface area contributed by atoms with Gasteiger partial charge in [-0.15, -0.1) is 15.0 Å². The second-order valence-electron chi connectivity index (χ2n) is 8.70. The van der Waals surface area contributed by atoms with Crippen molar-refractivity contribution < 1.29 is 4.92 Å². The van der Waals surface area contributed by atoms with Gasteiger partial charge in [0.25, 0.3) is 5.69 Å². The minimum atomic E-state index is -0.408. The van der Waals surface area contributed by atoms with Crippen LogP contribution in [0.5, 0.6) is 0 Å². The number of benzene rings is 2. The molecule has 1 aliphatic rings. The van der Waals surface area contributed by atoms with E-state index in [1.165, 1.54) is 21.5 Å². The van der Waals surface area contributed by atoms with Crippen LogP contribution < -0.4 is 0 Å². The van der Waals surface area contributed by atoms with Gasteiger partial charge >= 0.3 is 0 Å². The molecule has 2 aromatic carbocycles. The average molecular weight is 456 g/mol. The number of nitro benzene ring substituents is 1. The Balaban J connectivity index is 1.27. The number of hydrogen-bond acceptors (Lipinski definition) is 7. The van der Waals surface area contributed by atoms with Crippen LogP contribution in [-0.4, -0.2) is 48.1 Å². The Morgan fingerprint density at radius 1 is 1.06 bits per heavy atom. The van der Waals surface area contributed by atoms with Crippen molar-refractivity contribution in [2.24, 2.45) is 0 Å². The molecule has 5 rings (SSSR count). The lowest BCUT2D eigenvalue weighted by atomic mass is 10.0. The molecule has 2 aromatic heterocycles. The first-order valence-corrected chi connectivity index (χ1v) is 11.3. The van der Waals surface area contributed by atoms with E-state index >= 15 is 0 Å². The number of nitro groups is 1. The number of nitrogens with zero attached hydrogens (tertiary/aromatic N) is 7. The molecule has 0 bridgehead atoms. The van der Waals surface area contributed by atoms with Crippen LogP contribution in [-0.2, 0) is 19.4 Å². The van der Waals surface area contributed by atoms with E-state index in [2.05, 4.69) is 43.5 Å². The Morgan fingerprint density at radius 3 is 2.65 bits per heavy atom. The Bertz CT molecular complexity index is 1350. The SMILES string of the molecule is Cc1cc(-c2nnn(-c3ccc(CCN4CCc5cnccc5C4)cc3)n2)c([N+](=O)[O-])cc1C. The van der Waals surface area contributed by atoms with Gasteiger partial charge in [0.1, 0.15) is 5.56 Å². The molecule has 0 fully saturated rings. The van der Waals surface area contributed by atoms with Crippen molar-refractivity contribution in [3.8, 4) is 17.1 Å². The molecule has 1 aliphatic heterocycles. The second-order valence-corrected chi connectivity index (χ2v) is 8.70. The van der Waals surface area contributed by atoms with Gasteiger partial charge in [-0.2, -0.15) is 0 Å². The standard InChI is InChI=1S/C25H25N7O2/c1-17-13-23(24(32(33)34)14-18(17)2)25-27-29-31(28-25)22-5-3-19(4-6-22)8-11-30-12-9-20-15-26-10-7-21(20)16-30/h3-7,10,13-15H,8-9,11-12,16H2,1-2H3. The highest BCUT2D eigenvalue weighted by molar-refractivity contribution is 5.69. The third kappa shape index (κ3) is 4.42. The van der Waals surface area contributed by atoms with Crippen molar-refractivity contribution in [1.29, 1.82) is 0 Å². The summed E-state index contributed by atoms with van der Waals surface area (Å²) < 4.78 is 0. The largest absolute Gasteiger partial charge is 0.298 e. The van der Waals surface area contributed by atoms with Gasteiger partial charge in [0.15, 0.2) is 0 Å². The van der Waals surface area contributed by atoms with E-state index in [4.69, 9.17) is 0 Å². The molecule has 172 valence electrons. The van der Waals surface area contributed by atoms with Gasteiger partial charge in [0, 0.05) is 38.1 Å². The third-order valence-electron chi connectivity index (χ3n) is 6.44. The zero-order valence-electron chi connectivity index (χ0n) is 19.2. The molecule has 0 aliphatic carbocycles. The smallest absolute Gasteiger partial charge is 0.280 e. The van der Waals surface area contributed by atoms with Crippen LogP contribution in [0.3, 0.4) is 0 Å². The van der Waals surface area contributed by atoms with Crippen LogP contribution in [0.2, 0.25) is 0 Å². The van der Waals surface area contributed by atoms with Gasteiger partial charge in [-0.25, -0.2) is 0 Å². The molecule has 3 heterocycles. The van der Waals surface area contributed by atoms with Crippen molar-refractivity contribution in [2.45, 2.75) is 33.2 Å². The summed E-state index contributed by atoms with van der Waals surface area (Å²) in [6.07, 6.45) is 5.84. The lowest BCUT2D eigenvalue weighted by Crippen LogP contribution is -2.32. The van der Waals surface area contributed by atoms with Crippen molar-refractivity contribution in [3.63, 3.8) is 0 Å². The lowest BCUT2D eigenvalue weighted by molar-refractivity contribution is -0.384. The number of aryl methyl sites for hydroxylation is 2. The Morgan fingerprint density at radius 2 is 1.85 bits per heavy atom. The monoisotopic (exact) mass is 455 g/mol. The molecular weight excluding hydrogens is 430 g/mol. The quantitative estimate of drug-likeness (QED) is 0.321. The van der Waals surface area contributed by atoms with Gasteiger partial charge in [-0.1, -0.05) is 12.1 Å². The molecule has 0 N–H and O–H groups in total. The maximum Gasteiger partial charge on any atom is 0.280 e. The van der Waals surface area contributed by atoms with Crippen molar-refractivity contribution in [1.82, 2.24) is 30.1 Å². The summed E-state index contributed by atoms with van der Waals surface area (Å²) >= 11 is 0. The molecule has 0 saturated carbocycles. The Labute approximate surface area is 197 Å². The van der Waals surface area contributed by atoms with E-state index in [0.717, 1.165) is 49.3 Å². The Kier molecular flexibility index (Phi) is 5.85. The van der Waals surface area contributed by atoms with E-state index < -0.39 is 4.92 Å². The fraction of sp³-hybridized carbons (Fsp3) is 0.280. The fourth-order valence-corrected chi connectivity index (χ4v) is 4.27. The minimum absolute atomic E-state index is 0.0189. The van der Waals surface area contributed by atoms with Gasteiger partial charge in [-0.05, 0) is 84.0 Å². The first-order valence-electron chi connectivity index (χ1n) is 11.3. The normalized spacial score (nSPS) is 13.6. The lowest BCUT2D eigenvalue weighted by Gasteiger charge is -2.28. The van der Waals surface area contributed by atoms with Gasteiger partial charge < -0.3 is 0 Å². The summed E-state index contributed by atoms with van der Waals surface area (Å²) in [5, 5.41) is 24.1. The molecule has 0 unspecified atom stereocenters. The highest BCUT2D eigenvalue weighted by atomic mass is 16.6. The maximum atomic E-state index is 11.5. The molecule has 0 saturated heterocycles. The number of pyridine rings is 1. The summed E-state index contributed by atoms with van der Waals surface area (Å²) in [7, 11) is 0. The number of hydrogen-bond donors (Lipinski definition) is 0. The Hall–Kier alpha value is -3.98. The number of tetrazole rings is 1. The molecule has 4 aromatic rings. The zero-order valence-corrected chi connectivity index (χ0v) is 19.2. The molecular formula is C25H25N7O2. The second kappa shape index (κ2) is 9.11. The third-order valence-corrected chi connectivity index (χ3v) is 6.44. The van der Waals surface area contributed by atoms with Crippen LogP contribution in [0, 0.1) is 24.0 Å². The highest BCUT2D eigenvalue weighted by Crippen LogP contribution is 2.30. The zero-order chi connectivity index (χ0) is 23.7. The first kappa shape index (κ1) is 21.8. The minimum Gasteiger partial charge on any atom is -0.298 e. The van der Waals surface area contributed by atoms with Crippen molar-refractivity contribution in [3.05, 3.63) is 92.8 Å². The highest BCUT2D eigenvalue weighted by Gasteiger charge is 2.21. The van der Waals surface area contributed by atoms with Crippen LogP contribution >= 0.6 is 0 Å². The van der Waals surface area contributed by atoms with Crippen molar-refractivity contribution in [2.75, 3.05) is 13.1 Å². The van der Waals surface area contributed by atoms with Gasteiger partial charge in [0.05, 0.1) is 10.6 Å². The summed E-state index contributed by atoms with van der Waals surface area (Å²) in [5.74, 6) is 0.236.